The zero-order valence-corrected chi connectivity index (χ0v) is 38.7. The molecule has 12 heteroatoms. The summed E-state index contributed by atoms with van der Waals surface area (Å²) in [6, 6.07) is 10.1. The van der Waals surface area contributed by atoms with Crippen molar-refractivity contribution >= 4 is 35.0 Å². The minimum Gasteiger partial charge on any atom is -0.481 e. The quantitative estimate of drug-likeness (QED) is 0.0514. The average Bonchev–Trinajstić information content (AvgIpc) is 3.64. The number of nitrogens with two attached hydrogens (primary N) is 1. The summed E-state index contributed by atoms with van der Waals surface area (Å²) in [6.45, 7) is 19.1. The van der Waals surface area contributed by atoms with Crippen LogP contribution in [0.5, 0.6) is 5.88 Å². The number of aliphatic hydroxyl groups excluding tert-OH is 1. The van der Waals surface area contributed by atoms with Crippen LogP contribution in [0, 0.1) is 24.6 Å². The standard InChI is InChI=1S/C29H30ClFN4O3.C16H33NO.C3H8O/c1-15-8-9-17-14-23(35-29(38-4)24(15)17)18-6-5-7-19(26(18)30)25-16(2)22(11-10-21(25)31)34-28(37)20(12-13-32)27(36)33-3;1-7-13(5)11-12-16(9-3,10-4)17-15(18)14(6)8-2;1-2-3-4/h5-7,10-12,14-15H,8-9,13,32H2,1-4H3,(H,33,36)(H,34,37);13-14H,7-12H2,1-6H3,(H,17,18);4H,2-3H2,1H3/b20-12+;;. The highest BCUT2D eigenvalue weighted by Crippen LogP contribution is 2.44. The Balaban J connectivity index is 0.000000472. The van der Waals surface area contributed by atoms with Crippen molar-refractivity contribution in [1.82, 2.24) is 15.6 Å². The van der Waals surface area contributed by atoms with Crippen LogP contribution in [0.25, 0.3) is 22.4 Å². The van der Waals surface area contributed by atoms with E-state index in [4.69, 9.17) is 32.2 Å². The number of carbonyl (C=O) groups excluding carboxylic acids is 3. The molecular formula is C48H71ClFN5O5. The van der Waals surface area contributed by atoms with Crippen LogP contribution in [0.1, 0.15) is 129 Å². The monoisotopic (exact) mass is 852 g/mol. The van der Waals surface area contributed by atoms with E-state index in [1.165, 1.54) is 43.7 Å². The van der Waals surface area contributed by atoms with E-state index in [-0.39, 0.29) is 35.0 Å². The molecular weight excluding hydrogens is 781 g/mol. The first-order valence-corrected chi connectivity index (χ1v) is 22.0. The molecule has 1 aliphatic carbocycles. The molecule has 60 heavy (non-hydrogen) atoms. The fourth-order valence-electron chi connectivity index (χ4n) is 7.06. The van der Waals surface area contributed by atoms with E-state index in [1.807, 2.05) is 26.0 Å². The van der Waals surface area contributed by atoms with Gasteiger partial charge in [0.2, 0.25) is 11.8 Å². The normalized spacial score (nSPS) is 14.4. The maximum absolute atomic E-state index is 15.3. The zero-order valence-electron chi connectivity index (χ0n) is 37.9. The molecule has 3 amide bonds. The van der Waals surface area contributed by atoms with E-state index in [1.54, 1.807) is 26.2 Å². The Morgan fingerprint density at radius 2 is 1.72 bits per heavy atom. The molecule has 1 heterocycles. The van der Waals surface area contributed by atoms with Crippen LogP contribution in [0.3, 0.4) is 0 Å². The van der Waals surface area contributed by atoms with Crippen molar-refractivity contribution in [2.24, 2.45) is 17.6 Å². The van der Waals surface area contributed by atoms with E-state index < -0.39 is 17.6 Å². The number of fused-ring (bicyclic) bond motifs is 1. The first kappa shape index (κ1) is 51.8. The molecule has 6 N–H and O–H groups in total. The number of pyridine rings is 1. The Bertz CT molecular complexity index is 1910. The molecule has 2 aromatic carbocycles. The maximum Gasteiger partial charge on any atom is 0.260 e. The van der Waals surface area contributed by atoms with Gasteiger partial charge in [-0.25, -0.2) is 9.37 Å². The Morgan fingerprint density at radius 1 is 1.07 bits per heavy atom. The Hall–Kier alpha value is -4.32. The van der Waals surface area contributed by atoms with Crippen LogP contribution in [-0.4, -0.2) is 60.7 Å². The van der Waals surface area contributed by atoms with Gasteiger partial charge in [-0.1, -0.05) is 97.7 Å². The van der Waals surface area contributed by atoms with Crippen LogP contribution in [0.2, 0.25) is 5.02 Å². The van der Waals surface area contributed by atoms with Gasteiger partial charge in [-0.3, -0.25) is 14.4 Å². The number of ether oxygens (including phenoxy) is 1. The number of hydrogen-bond acceptors (Lipinski definition) is 7. The summed E-state index contributed by atoms with van der Waals surface area (Å²) in [7, 11) is 3.02. The number of benzene rings is 2. The minimum atomic E-state index is -0.654. The van der Waals surface area contributed by atoms with Gasteiger partial charge >= 0.3 is 0 Å². The number of aryl methyl sites for hydroxylation is 1. The van der Waals surface area contributed by atoms with E-state index in [2.05, 4.69) is 57.5 Å². The van der Waals surface area contributed by atoms with Gasteiger partial charge < -0.3 is 31.5 Å². The molecule has 3 atom stereocenters. The molecule has 0 spiro atoms. The third kappa shape index (κ3) is 13.6. The Labute approximate surface area is 363 Å². The highest BCUT2D eigenvalue weighted by atomic mass is 35.5. The van der Waals surface area contributed by atoms with Gasteiger partial charge in [0.1, 0.15) is 11.4 Å². The number of halogens is 2. The number of anilines is 1. The largest absolute Gasteiger partial charge is 0.481 e. The first-order valence-electron chi connectivity index (χ1n) is 21.6. The molecule has 0 aliphatic heterocycles. The van der Waals surface area contributed by atoms with Crippen molar-refractivity contribution in [3.63, 3.8) is 0 Å². The molecule has 0 bridgehead atoms. The van der Waals surface area contributed by atoms with E-state index in [9.17, 15) is 14.4 Å². The number of nitrogens with zero attached hydrogens (tertiary/aromatic N) is 1. The number of rotatable bonds is 17. The number of nitrogens with one attached hydrogen (secondary N) is 3. The van der Waals surface area contributed by atoms with Gasteiger partial charge in [0, 0.05) is 59.6 Å². The second-order valence-corrected chi connectivity index (χ2v) is 16.1. The summed E-state index contributed by atoms with van der Waals surface area (Å²) in [5.41, 5.74) is 10.5. The Kier molecular flexibility index (Phi) is 22.0. The molecule has 3 unspecified atom stereocenters. The summed E-state index contributed by atoms with van der Waals surface area (Å²) in [5, 5.41) is 16.6. The number of methoxy groups -OCH3 is 1. The summed E-state index contributed by atoms with van der Waals surface area (Å²) in [4.78, 5) is 41.8. The smallest absolute Gasteiger partial charge is 0.260 e. The predicted octanol–water partition coefficient (Wildman–Crippen LogP) is 10.1. The van der Waals surface area contributed by atoms with Gasteiger partial charge in [0.25, 0.3) is 11.8 Å². The average molecular weight is 853 g/mol. The van der Waals surface area contributed by atoms with E-state index in [0.29, 0.717) is 51.5 Å². The topological polar surface area (TPSA) is 156 Å². The highest BCUT2D eigenvalue weighted by molar-refractivity contribution is 6.36. The lowest BCUT2D eigenvalue weighted by atomic mass is 9.84. The van der Waals surface area contributed by atoms with Gasteiger partial charge in [-0.05, 0) is 99.5 Å². The molecule has 10 nitrogen and oxygen atoms in total. The van der Waals surface area contributed by atoms with Crippen molar-refractivity contribution in [3.05, 3.63) is 75.6 Å². The number of aliphatic hydroxyl groups is 1. The molecule has 1 aliphatic rings. The van der Waals surface area contributed by atoms with E-state index >= 15 is 4.39 Å². The summed E-state index contributed by atoms with van der Waals surface area (Å²) in [6.07, 6.45) is 10.7. The summed E-state index contributed by atoms with van der Waals surface area (Å²) in [5.74, 6) is 0.320. The van der Waals surface area contributed by atoms with Gasteiger partial charge in [-0.2, -0.15) is 0 Å². The Morgan fingerprint density at radius 3 is 2.27 bits per heavy atom. The fraction of sp³-hybridized carbons (Fsp3) is 0.542. The fourth-order valence-corrected chi connectivity index (χ4v) is 7.38. The highest BCUT2D eigenvalue weighted by Gasteiger charge is 2.30. The molecule has 1 aromatic heterocycles. The maximum atomic E-state index is 15.3. The second kappa shape index (κ2) is 25.5. The summed E-state index contributed by atoms with van der Waals surface area (Å²) >= 11 is 6.90. The number of hydrogen-bond donors (Lipinski definition) is 5. The second-order valence-electron chi connectivity index (χ2n) is 15.7. The van der Waals surface area contributed by atoms with Crippen LogP contribution in [0.4, 0.5) is 10.1 Å². The summed E-state index contributed by atoms with van der Waals surface area (Å²) < 4.78 is 20.9. The van der Waals surface area contributed by atoms with Gasteiger partial charge in [0.15, 0.2) is 0 Å². The number of amides is 3. The van der Waals surface area contributed by atoms with Crippen molar-refractivity contribution < 1.29 is 28.6 Å². The SMILES string of the molecule is CCC(C)CCC(CC)(CC)NC(=O)C(C)CC.CCCO.CNC(=O)/C(=C\CN)C(=O)Nc1ccc(F)c(-c2cccc(-c3cc4c(c(OC)n3)C(C)CC4)c2Cl)c1C. The zero-order chi connectivity index (χ0) is 45.2. The van der Waals surface area contributed by atoms with E-state index in [0.717, 1.165) is 56.4 Å². The number of carbonyl (C=O) groups is 3. The van der Waals surface area contributed by atoms with Crippen LogP contribution < -0.4 is 26.4 Å². The molecule has 0 fully saturated rings. The van der Waals surface area contributed by atoms with Gasteiger partial charge in [0.05, 0.1) is 17.8 Å². The lowest BCUT2D eigenvalue weighted by molar-refractivity contribution is -0.127. The number of likely N-dealkylation sites (N-methyl/N-ethyl adjacent to an activating group) is 1. The van der Waals surface area contributed by atoms with Gasteiger partial charge in [-0.15, -0.1) is 0 Å². The molecule has 0 saturated heterocycles. The third-order valence-corrected chi connectivity index (χ3v) is 12.1. The molecule has 332 valence electrons. The number of aromatic nitrogens is 1. The lowest BCUT2D eigenvalue weighted by Gasteiger charge is -2.35. The molecule has 4 rings (SSSR count). The van der Waals surface area contributed by atoms with Crippen molar-refractivity contribution in [2.45, 2.75) is 132 Å². The van der Waals surface area contributed by atoms with Crippen molar-refractivity contribution in [2.75, 3.05) is 32.6 Å². The van der Waals surface area contributed by atoms with Crippen molar-refractivity contribution in [3.8, 4) is 28.3 Å². The molecule has 0 radical (unpaired) electrons. The van der Waals surface area contributed by atoms with Crippen LogP contribution in [-0.2, 0) is 20.8 Å². The van der Waals surface area contributed by atoms with Crippen LogP contribution in [0.15, 0.2) is 48.0 Å². The van der Waals surface area contributed by atoms with Crippen LogP contribution >= 0.6 is 11.6 Å². The first-order chi connectivity index (χ1) is 28.6. The lowest BCUT2D eigenvalue weighted by Crippen LogP contribution is -2.49. The third-order valence-electron chi connectivity index (χ3n) is 11.7. The molecule has 3 aromatic rings. The van der Waals surface area contributed by atoms with Crippen molar-refractivity contribution in [1.29, 1.82) is 0 Å². The molecule has 0 saturated carbocycles. The predicted molar refractivity (Wildman–Crippen MR) is 245 cm³/mol. The minimum absolute atomic E-state index is 0.00660.